The number of carboxylic acids is 1. The first-order valence-electron chi connectivity index (χ1n) is 6.26. The maximum Gasteiger partial charge on any atom is 0.307 e. The molecular formula is C13H13Cl3N2O3. The number of anilines is 1. The average molecular weight is 352 g/mol. The lowest BCUT2D eigenvalue weighted by Gasteiger charge is -2.15. The SMILES string of the molecule is O=C(CN1CCC(C(=O)O)C1)Nc1cc(Cl)c(Cl)cc1Cl. The number of benzene rings is 1. The molecule has 1 amide bonds. The number of likely N-dealkylation sites (tertiary alicyclic amines) is 1. The second-order valence-corrected chi connectivity index (χ2v) is 6.07. The quantitative estimate of drug-likeness (QED) is 0.818. The molecule has 5 nitrogen and oxygen atoms in total. The first kappa shape index (κ1) is 16.4. The van der Waals surface area contributed by atoms with Gasteiger partial charge < -0.3 is 10.4 Å². The van der Waals surface area contributed by atoms with E-state index < -0.39 is 11.9 Å². The highest BCUT2D eigenvalue weighted by Crippen LogP contribution is 2.32. The van der Waals surface area contributed by atoms with Gasteiger partial charge in [-0.3, -0.25) is 14.5 Å². The lowest BCUT2D eigenvalue weighted by molar-refractivity contribution is -0.141. The van der Waals surface area contributed by atoms with Gasteiger partial charge in [-0.1, -0.05) is 34.8 Å². The Morgan fingerprint density at radius 1 is 1.24 bits per heavy atom. The van der Waals surface area contributed by atoms with Crippen LogP contribution in [0.1, 0.15) is 6.42 Å². The van der Waals surface area contributed by atoms with Crippen LogP contribution < -0.4 is 5.32 Å². The third kappa shape index (κ3) is 4.23. The Bertz CT molecular complexity index is 580. The Labute approximate surface area is 136 Å². The maximum absolute atomic E-state index is 12.0. The first-order chi connectivity index (χ1) is 9.86. The molecule has 8 heteroatoms. The third-order valence-electron chi connectivity index (χ3n) is 3.27. The van der Waals surface area contributed by atoms with Gasteiger partial charge in [-0.05, 0) is 25.1 Å². The molecule has 0 aliphatic carbocycles. The predicted octanol–water partition coefficient (Wildman–Crippen LogP) is 2.99. The first-order valence-corrected chi connectivity index (χ1v) is 7.39. The van der Waals surface area contributed by atoms with Gasteiger partial charge in [-0.25, -0.2) is 0 Å². The lowest BCUT2D eigenvalue weighted by Crippen LogP contribution is -2.32. The van der Waals surface area contributed by atoms with Crippen molar-refractivity contribution in [2.75, 3.05) is 25.0 Å². The van der Waals surface area contributed by atoms with Crippen LogP contribution in [0.15, 0.2) is 12.1 Å². The van der Waals surface area contributed by atoms with Crippen LogP contribution in [0.5, 0.6) is 0 Å². The van der Waals surface area contributed by atoms with E-state index >= 15 is 0 Å². The number of carboxylic acid groups (broad SMARTS) is 1. The van der Waals surface area contributed by atoms with Crippen LogP contribution in [0.3, 0.4) is 0 Å². The second kappa shape index (κ2) is 6.83. The van der Waals surface area contributed by atoms with Crippen molar-refractivity contribution in [3.8, 4) is 0 Å². The summed E-state index contributed by atoms with van der Waals surface area (Å²) in [5, 5.41) is 12.5. The van der Waals surface area contributed by atoms with Gasteiger partial charge in [0, 0.05) is 6.54 Å². The van der Waals surface area contributed by atoms with Gasteiger partial charge in [-0.15, -0.1) is 0 Å². The molecule has 0 bridgehead atoms. The van der Waals surface area contributed by atoms with E-state index in [0.29, 0.717) is 40.3 Å². The second-order valence-electron chi connectivity index (χ2n) is 4.85. The summed E-state index contributed by atoms with van der Waals surface area (Å²) >= 11 is 17.7. The van der Waals surface area contributed by atoms with E-state index in [4.69, 9.17) is 39.9 Å². The number of halogens is 3. The van der Waals surface area contributed by atoms with E-state index in [9.17, 15) is 9.59 Å². The van der Waals surface area contributed by atoms with E-state index in [2.05, 4.69) is 5.32 Å². The molecule has 1 heterocycles. The summed E-state index contributed by atoms with van der Waals surface area (Å²) < 4.78 is 0. The summed E-state index contributed by atoms with van der Waals surface area (Å²) in [4.78, 5) is 24.6. The number of carbonyl (C=O) groups is 2. The number of amides is 1. The normalized spacial score (nSPS) is 18.7. The topological polar surface area (TPSA) is 69.6 Å². The van der Waals surface area contributed by atoms with E-state index in [1.807, 2.05) is 0 Å². The standard InChI is InChI=1S/C13H13Cl3N2O3/c14-8-3-10(16)11(4-9(8)15)17-12(19)6-18-2-1-7(5-18)13(20)21/h3-4,7H,1-2,5-6H2,(H,17,19)(H,20,21). The Balaban J connectivity index is 1.94. The van der Waals surface area contributed by atoms with Crippen molar-refractivity contribution < 1.29 is 14.7 Å². The van der Waals surface area contributed by atoms with Crippen molar-refractivity contribution in [3.05, 3.63) is 27.2 Å². The Hall–Kier alpha value is -1.01. The van der Waals surface area contributed by atoms with Crippen molar-refractivity contribution in [3.63, 3.8) is 0 Å². The average Bonchev–Trinajstić information content (AvgIpc) is 2.84. The molecule has 1 aromatic rings. The Morgan fingerprint density at radius 2 is 1.90 bits per heavy atom. The molecule has 1 aromatic carbocycles. The molecule has 21 heavy (non-hydrogen) atoms. The van der Waals surface area contributed by atoms with E-state index in [-0.39, 0.29) is 12.5 Å². The molecule has 1 unspecified atom stereocenters. The maximum atomic E-state index is 12.0. The molecule has 1 fully saturated rings. The molecule has 0 radical (unpaired) electrons. The molecule has 1 aliphatic heterocycles. The minimum atomic E-state index is -0.828. The molecule has 0 aromatic heterocycles. The fraction of sp³-hybridized carbons (Fsp3) is 0.385. The third-order valence-corrected chi connectivity index (χ3v) is 4.31. The van der Waals surface area contributed by atoms with Crippen LogP contribution in [0.2, 0.25) is 15.1 Å². The zero-order valence-corrected chi connectivity index (χ0v) is 13.2. The summed E-state index contributed by atoms with van der Waals surface area (Å²) in [6.07, 6.45) is 0.552. The molecular weight excluding hydrogens is 339 g/mol. The molecule has 0 spiro atoms. The van der Waals surface area contributed by atoms with E-state index in [0.717, 1.165) is 0 Å². The van der Waals surface area contributed by atoms with Crippen LogP contribution in [0, 0.1) is 5.92 Å². The molecule has 1 atom stereocenters. The van der Waals surface area contributed by atoms with Crippen LogP contribution >= 0.6 is 34.8 Å². The van der Waals surface area contributed by atoms with Gasteiger partial charge >= 0.3 is 5.97 Å². The number of hydrogen-bond donors (Lipinski definition) is 2. The fourth-order valence-electron chi connectivity index (χ4n) is 2.19. The fourth-order valence-corrected chi connectivity index (χ4v) is 2.78. The van der Waals surface area contributed by atoms with Crippen LogP contribution in [0.4, 0.5) is 5.69 Å². The number of nitrogens with one attached hydrogen (secondary N) is 1. The van der Waals surface area contributed by atoms with Crippen molar-refractivity contribution in [2.24, 2.45) is 5.92 Å². The lowest BCUT2D eigenvalue weighted by atomic mass is 10.1. The smallest absolute Gasteiger partial charge is 0.307 e. The number of rotatable bonds is 4. The number of hydrogen-bond acceptors (Lipinski definition) is 3. The number of carbonyl (C=O) groups excluding carboxylic acids is 1. The highest BCUT2D eigenvalue weighted by molar-refractivity contribution is 6.44. The Morgan fingerprint density at radius 3 is 2.52 bits per heavy atom. The van der Waals surface area contributed by atoms with E-state index in [1.54, 1.807) is 4.90 Å². The predicted molar refractivity (Wildman–Crippen MR) is 82.3 cm³/mol. The summed E-state index contributed by atoms with van der Waals surface area (Å²) in [6, 6.07) is 2.94. The number of nitrogens with zero attached hydrogens (tertiary/aromatic N) is 1. The van der Waals surface area contributed by atoms with Gasteiger partial charge in [0.2, 0.25) is 5.91 Å². The van der Waals surface area contributed by atoms with Crippen molar-refractivity contribution >= 4 is 52.4 Å². The van der Waals surface area contributed by atoms with Gasteiger partial charge in [-0.2, -0.15) is 0 Å². The van der Waals surface area contributed by atoms with Crippen molar-refractivity contribution in [1.29, 1.82) is 0 Å². The molecule has 1 saturated heterocycles. The summed E-state index contributed by atoms with van der Waals surface area (Å²) in [6.45, 7) is 1.07. The van der Waals surface area contributed by atoms with Gasteiger partial charge in [0.1, 0.15) is 0 Å². The highest BCUT2D eigenvalue weighted by atomic mass is 35.5. The minimum absolute atomic E-state index is 0.111. The summed E-state index contributed by atoms with van der Waals surface area (Å²) in [5.41, 5.74) is 0.380. The van der Waals surface area contributed by atoms with Crippen LogP contribution in [-0.2, 0) is 9.59 Å². The van der Waals surface area contributed by atoms with Crippen LogP contribution in [0.25, 0.3) is 0 Å². The van der Waals surface area contributed by atoms with Crippen molar-refractivity contribution in [1.82, 2.24) is 4.90 Å². The molecule has 2 rings (SSSR count). The minimum Gasteiger partial charge on any atom is -0.481 e. The molecule has 0 saturated carbocycles. The summed E-state index contributed by atoms with van der Waals surface area (Å²) in [5.74, 6) is -1.52. The molecule has 114 valence electrons. The monoisotopic (exact) mass is 350 g/mol. The molecule has 2 N–H and O–H groups in total. The zero-order chi connectivity index (χ0) is 15.6. The zero-order valence-electron chi connectivity index (χ0n) is 10.9. The Kier molecular flexibility index (Phi) is 5.32. The highest BCUT2D eigenvalue weighted by Gasteiger charge is 2.28. The molecule has 1 aliphatic rings. The largest absolute Gasteiger partial charge is 0.481 e. The number of aliphatic carboxylic acids is 1. The summed E-state index contributed by atoms with van der Waals surface area (Å²) in [7, 11) is 0. The van der Waals surface area contributed by atoms with Gasteiger partial charge in [0.05, 0.1) is 33.2 Å². The van der Waals surface area contributed by atoms with E-state index in [1.165, 1.54) is 12.1 Å². The van der Waals surface area contributed by atoms with Crippen LogP contribution in [-0.4, -0.2) is 41.5 Å². The van der Waals surface area contributed by atoms with Gasteiger partial charge in [0.25, 0.3) is 0 Å². The van der Waals surface area contributed by atoms with Gasteiger partial charge in [0.15, 0.2) is 0 Å². The van der Waals surface area contributed by atoms with Crippen molar-refractivity contribution in [2.45, 2.75) is 6.42 Å².